The second-order valence-electron chi connectivity index (χ2n) is 5.92. The molecule has 108 valence electrons. The third-order valence-corrected chi connectivity index (χ3v) is 3.68. The monoisotopic (exact) mass is 266 g/mol. The minimum atomic E-state index is -0.141. The average Bonchev–Trinajstić information content (AvgIpc) is 2.34. The zero-order valence-corrected chi connectivity index (χ0v) is 13.0. The molecule has 0 spiro atoms. The lowest BCUT2D eigenvalue weighted by Crippen LogP contribution is -2.33. The summed E-state index contributed by atoms with van der Waals surface area (Å²) in [6, 6.07) is 6.23. The number of rotatable bonds is 6. The first kappa shape index (κ1) is 16.0. The van der Waals surface area contributed by atoms with Gasteiger partial charge in [-0.15, -0.1) is 0 Å². The van der Waals surface area contributed by atoms with E-state index in [1.807, 2.05) is 24.1 Å². The molecule has 1 atom stereocenters. The molecule has 0 aromatic heterocycles. The molecule has 1 unspecified atom stereocenters. The van der Waals surface area contributed by atoms with Crippen LogP contribution >= 0.6 is 0 Å². The van der Waals surface area contributed by atoms with E-state index in [9.17, 15) is 4.39 Å². The highest BCUT2D eigenvalue weighted by atomic mass is 19.1. The average molecular weight is 266 g/mol. The van der Waals surface area contributed by atoms with E-state index in [0.29, 0.717) is 30.2 Å². The summed E-state index contributed by atoms with van der Waals surface area (Å²) >= 11 is 0. The van der Waals surface area contributed by atoms with Gasteiger partial charge in [-0.1, -0.05) is 33.8 Å². The summed E-state index contributed by atoms with van der Waals surface area (Å²) < 4.78 is 14.2. The Kier molecular flexibility index (Phi) is 5.80. The van der Waals surface area contributed by atoms with E-state index in [1.54, 1.807) is 6.07 Å². The first-order valence-electron chi connectivity index (χ1n) is 7.07. The van der Waals surface area contributed by atoms with Gasteiger partial charge in [0.1, 0.15) is 5.82 Å². The van der Waals surface area contributed by atoms with Gasteiger partial charge in [-0.25, -0.2) is 4.39 Å². The van der Waals surface area contributed by atoms with E-state index < -0.39 is 0 Å². The minimum absolute atomic E-state index is 0.141. The smallest absolute Gasteiger partial charge is 0.146 e. The molecule has 1 rings (SSSR count). The van der Waals surface area contributed by atoms with E-state index in [1.165, 1.54) is 0 Å². The molecule has 0 aliphatic carbocycles. The molecule has 3 heteroatoms. The highest BCUT2D eigenvalue weighted by Crippen LogP contribution is 2.23. The molecule has 0 radical (unpaired) electrons. The van der Waals surface area contributed by atoms with Gasteiger partial charge in [-0.3, -0.25) is 0 Å². The fraction of sp³-hybridized carbons (Fsp3) is 0.625. The molecule has 0 heterocycles. The van der Waals surface area contributed by atoms with Crippen molar-refractivity contribution in [2.24, 2.45) is 5.92 Å². The lowest BCUT2D eigenvalue weighted by atomic mass is 10.0. The molecule has 0 saturated carbocycles. The highest BCUT2D eigenvalue weighted by Gasteiger charge is 2.16. The second kappa shape index (κ2) is 6.90. The van der Waals surface area contributed by atoms with Crippen molar-refractivity contribution in [3.05, 3.63) is 29.6 Å². The number of anilines is 1. The Morgan fingerprint density at radius 1 is 1.16 bits per heavy atom. The fourth-order valence-electron chi connectivity index (χ4n) is 1.93. The van der Waals surface area contributed by atoms with Gasteiger partial charge in [-0.2, -0.15) is 0 Å². The summed E-state index contributed by atoms with van der Waals surface area (Å²) in [5.74, 6) is 0.352. The standard InChI is InChI=1S/C16H27FN2/c1-11(2)13(5)19(6)16-8-7-14(9-15(16)17)10-18-12(3)4/h7-9,11-13,18H,10H2,1-6H3. The zero-order chi connectivity index (χ0) is 14.6. The molecule has 0 amide bonds. The second-order valence-corrected chi connectivity index (χ2v) is 5.92. The van der Waals surface area contributed by atoms with Gasteiger partial charge in [0.2, 0.25) is 0 Å². The van der Waals surface area contributed by atoms with Gasteiger partial charge in [-0.05, 0) is 30.5 Å². The summed E-state index contributed by atoms with van der Waals surface area (Å²) in [7, 11) is 1.95. The lowest BCUT2D eigenvalue weighted by molar-refractivity contribution is 0.497. The van der Waals surface area contributed by atoms with Gasteiger partial charge in [0.25, 0.3) is 0 Å². The van der Waals surface area contributed by atoms with Crippen LogP contribution in [0, 0.1) is 11.7 Å². The Morgan fingerprint density at radius 2 is 1.79 bits per heavy atom. The Morgan fingerprint density at radius 3 is 2.26 bits per heavy atom. The predicted molar refractivity (Wildman–Crippen MR) is 81.1 cm³/mol. The van der Waals surface area contributed by atoms with Crippen LogP contribution in [-0.2, 0) is 6.54 Å². The van der Waals surface area contributed by atoms with Gasteiger partial charge < -0.3 is 10.2 Å². The first-order chi connectivity index (χ1) is 8.82. The molecule has 0 fully saturated rings. The van der Waals surface area contributed by atoms with Crippen molar-refractivity contribution in [1.82, 2.24) is 5.32 Å². The first-order valence-corrected chi connectivity index (χ1v) is 7.07. The predicted octanol–water partition coefficient (Wildman–Crippen LogP) is 3.80. The highest BCUT2D eigenvalue weighted by molar-refractivity contribution is 5.49. The van der Waals surface area contributed by atoms with Crippen molar-refractivity contribution in [2.75, 3.05) is 11.9 Å². The van der Waals surface area contributed by atoms with Crippen LogP contribution in [0.25, 0.3) is 0 Å². The van der Waals surface area contributed by atoms with Crippen molar-refractivity contribution in [3.63, 3.8) is 0 Å². The van der Waals surface area contributed by atoms with Crippen LogP contribution in [0.4, 0.5) is 10.1 Å². The maximum absolute atomic E-state index is 14.2. The molecular formula is C16H27FN2. The summed E-state index contributed by atoms with van der Waals surface area (Å²) in [5, 5.41) is 3.30. The van der Waals surface area contributed by atoms with Gasteiger partial charge in [0, 0.05) is 25.7 Å². The van der Waals surface area contributed by atoms with Crippen molar-refractivity contribution < 1.29 is 4.39 Å². The van der Waals surface area contributed by atoms with Crippen LogP contribution in [-0.4, -0.2) is 19.1 Å². The SMILES string of the molecule is CC(C)NCc1ccc(N(C)C(C)C(C)C)c(F)c1. The van der Waals surface area contributed by atoms with Crippen LogP contribution in [0.5, 0.6) is 0 Å². The number of hydrogen-bond acceptors (Lipinski definition) is 2. The molecular weight excluding hydrogens is 239 g/mol. The van der Waals surface area contributed by atoms with Crippen molar-refractivity contribution >= 4 is 5.69 Å². The largest absolute Gasteiger partial charge is 0.369 e. The molecule has 1 aromatic carbocycles. The number of nitrogens with one attached hydrogen (secondary N) is 1. The van der Waals surface area contributed by atoms with Crippen LogP contribution in [0.15, 0.2) is 18.2 Å². The number of benzene rings is 1. The number of nitrogens with zero attached hydrogens (tertiary/aromatic N) is 1. The Hall–Kier alpha value is -1.09. The summed E-state index contributed by atoms with van der Waals surface area (Å²) in [6.45, 7) is 11.3. The van der Waals surface area contributed by atoms with Crippen LogP contribution in [0.2, 0.25) is 0 Å². The molecule has 1 N–H and O–H groups in total. The Bertz CT molecular complexity index is 402. The maximum Gasteiger partial charge on any atom is 0.146 e. The van der Waals surface area contributed by atoms with E-state index in [-0.39, 0.29) is 5.82 Å². The molecule has 2 nitrogen and oxygen atoms in total. The van der Waals surface area contributed by atoms with Crippen LogP contribution < -0.4 is 10.2 Å². The van der Waals surface area contributed by atoms with E-state index in [2.05, 4.69) is 39.9 Å². The fourth-order valence-corrected chi connectivity index (χ4v) is 1.93. The van der Waals surface area contributed by atoms with Crippen molar-refractivity contribution in [2.45, 2.75) is 53.2 Å². The van der Waals surface area contributed by atoms with Gasteiger partial charge in [0.05, 0.1) is 5.69 Å². The zero-order valence-electron chi connectivity index (χ0n) is 13.0. The van der Waals surface area contributed by atoms with Crippen LogP contribution in [0.3, 0.4) is 0 Å². The van der Waals surface area contributed by atoms with E-state index >= 15 is 0 Å². The summed E-state index contributed by atoms with van der Waals surface area (Å²) in [6.07, 6.45) is 0. The number of hydrogen-bond donors (Lipinski definition) is 1. The Balaban J connectivity index is 2.82. The van der Waals surface area contributed by atoms with E-state index in [0.717, 1.165) is 5.56 Å². The maximum atomic E-state index is 14.2. The molecule has 0 bridgehead atoms. The van der Waals surface area contributed by atoms with Crippen LogP contribution in [0.1, 0.15) is 40.2 Å². The van der Waals surface area contributed by atoms with Gasteiger partial charge >= 0.3 is 0 Å². The Labute approximate surface area is 117 Å². The number of halogens is 1. The molecule has 1 aromatic rings. The summed E-state index contributed by atoms with van der Waals surface area (Å²) in [5.41, 5.74) is 1.66. The quantitative estimate of drug-likeness (QED) is 0.842. The van der Waals surface area contributed by atoms with Gasteiger partial charge in [0.15, 0.2) is 0 Å². The molecule has 19 heavy (non-hydrogen) atoms. The van der Waals surface area contributed by atoms with Crippen molar-refractivity contribution in [1.29, 1.82) is 0 Å². The minimum Gasteiger partial charge on any atom is -0.369 e. The summed E-state index contributed by atoms with van der Waals surface area (Å²) in [4.78, 5) is 2.01. The van der Waals surface area contributed by atoms with Crippen molar-refractivity contribution in [3.8, 4) is 0 Å². The topological polar surface area (TPSA) is 15.3 Å². The normalized spacial score (nSPS) is 13.1. The third-order valence-electron chi connectivity index (χ3n) is 3.68. The third kappa shape index (κ3) is 4.50. The molecule has 0 aliphatic heterocycles. The lowest BCUT2D eigenvalue weighted by Gasteiger charge is -2.30. The molecule has 0 saturated heterocycles. The van der Waals surface area contributed by atoms with E-state index in [4.69, 9.17) is 0 Å². The molecule has 0 aliphatic rings.